The van der Waals surface area contributed by atoms with Crippen molar-refractivity contribution in [1.29, 1.82) is 0 Å². The third-order valence-electron chi connectivity index (χ3n) is 6.63. The van der Waals surface area contributed by atoms with Crippen LogP contribution in [-0.2, 0) is 4.79 Å². The lowest BCUT2D eigenvalue weighted by atomic mass is 9.45. The number of carboxylic acid groups (broad SMARTS) is 1. The van der Waals surface area contributed by atoms with Crippen molar-refractivity contribution < 1.29 is 15.0 Å². The molecule has 0 radical (unpaired) electrons. The van der Waals surface area contributed by atoms with E-state index in [9.17, 15) is 15.0 Å². The van der Waals surface area contributed by atoms with Crippen molar-refractivity contribution in [3.05, 3.63) is 0 Å². The summed E-state index contributed by atoms with van der Waals surface area (Å²) in [6.45, 7) is 3.79. The van der Waals surface area contributed by atoms with Gasteiger partial charge in [0.1, 0.15) is 0 Å². The highest BCUT2D eigenvalue weighted by atomic mass is 16.4. The van der Waals surface area contributed by atoms with Crippen LogP contribution in [0.5, 0.6) is 0 Å². The van der Waals surface area contributed by atoms with Gasteiger partial charge in [0, 0.05) is 5.92 Å². The molecule has 2 N–H and O–H groups in total. The van der Waals surface area contributed by atoms with E-state index in [1.807, 2.05) is 6.92 Å². The second kappa shape index (κ2) is 4.21. The topological polar surface area (TPSA) is 57.5 Å². The molecule has 0 saturated heterocycles. The predicted octanol–water partition coefficient (Wildman–Crippen LogP) is 3.06. The molecule has 0 aromatic carbocycles. The molecule has 4 fully saturated rings. The molecule has 4 rings (SSSR count). The molecule has 0 spiro atoms. The van der Waals surface area contributed by atoms with E-state index in [1.165, 1.54) is 19.3 Å². The Kier molecular flexibility index (Phi) is 2.97. The zero-order valence-electron chi connectivity index (χ0n) is 12.1. The number of aliphatic hydroxyl groups is 1. The molecular weight excluding hydrogens is 240 g/mol. The summed E-state index contributed by atoms with van der Waals surface area (Å²) in [4.78, 5) is 11.5. The third-order valence-corrected chi connectivity index (χ3v) is 6.63. The summed E-state index contributed by atoms with van der Waals surface area (Å²) < 4.78 is 0. The molecule has 108 valence electrons. The molecule has 4 saturated carbocycles. The molecule has 0 aliphatic heterocycles. The Bertz CT molecular complexity index is 354. The lowest BCUT2D eigenvalue weighted by Crippen LogP contribution is -2.57. The molecule has 4 aliphatic carbocycles. The summed E-state index contributed by atoms with van der Waals surface area (Å²) in [5.74, 6) is 1.23. The van der Waals surface area contributed by atoms with Gasteiger partial charge >= 0.3 is 5.97 Å². The minimum absolute atomic E-state index is 0.0951. The highest BCUT2D eigenvalue weighted by Crippen LogP contribution is 2.64. The van der Waals surface area contributed by atoms with Gasteiger partial charge in [-0.25, -0.2) is 4.79 Å². The number of hydrogen-bond donors (Lipinski definition) is 2. The van der Waals surface area contributed by atoms with Crippen LogP contribution in [0.2, 0.25) is 0 Å². The highest BCUT2D eigenvalue weighted by molar-refractivity contribution is 5.77. The van der Waals surface area contributed by atoms with Gasteiger partial charge in [0.25, 0.3) is 0 Å². The molecule has 19 heavy (non-hydrogen) atoms. The second-order valence-electron chi connectivity index (χ2n) is 7.58. The molecule has 0 amide bonds. The van der Waals surface area contributed by atoms with Crippen LogP contribution in [0.4, 0.5) is 0 Å². The molecule has 3 nitrogen and oxygen atoms in total. The van der Waals surface area contributed by atoms with Crippen LogP contribution in [-0.4, -0.2) is 21.8 Å². The largest absolute Gasteiger partial charge is 0.479 e. The summed E-state index contributed by atoms with van der Waals surface area (Å²) in [7, 11) is 0. The van der Waals surface area contributed by atoms with Crippen LogP contribution >= 0.6 is 0 Å². The van der Waals surface area contributed by atoms with E-state index in [4.69, 9.17) is 0 Å². The van der Waals surface area contributed by atoms with Crippen molar-refractivity contribution >= 4 is 5.97 Å². The molecule has 2 atom stereocenters. The Morgan fingerprint density at radius 3 is 1.95 bits per heavy atom. The van der Waals surface area contributed by atoms with Gasteiger partial charge in [-0.3, -0.25) is 0 Å². The monoisotopic (exact) mass is 266 g/mol. The number of hydrogen-bond acceptors (Lipinski definition) is 2. The molecular formula is C16H26O3. The standard InChI is InChI=1S/C16H26O3/c1-3-16(19,14(17)18)10(2)15-7-11-4-12(8-15)6-13(5-11)9-15/h10-13,19H,3-9H2,1-2H3,(H,17,18). The van der Waals surface area contributed by atoms with Crippen molar-refractivity contribution in [1.82, 2.24) is 0 Å². The third kappa shape index (κ3) is 1.84. The van der Waals surface area contributed by atoms with Gasteiger partial charge in [0.15, 0.2) is 5.60 Å². The fourth-order valence-corrected chi connectivity index (χ4v) is 5.86. The zero-order valence-corrected chi connectivity index (χ0v) is 12.1. The molecule has 3 heteroatoms. The molecule has 4 aliphatic rings. The lowest BCUT2D eigenvalue weighted by Gasteiger charge is -2.60. The van der Waals surface area contributed by atoms with Crippen molar-refractivity contribution in [2.75, 3.05) is 0 Å². The SMILES string of the molecule is CCC(O)(C(=O)O)C(C)C12CC3CC(CC(C3)C1)C2. The van der Waals surface area contributed by atoms with Crippen LogP contribution in [0.15, 0.2) is 0 Å². The highest BCUT2D eigenvalue weighted by Gasteiger charge is 2.58. The van der Waals surface area contributed by atoms with E-state index in [-0.39, 0.29) is 11.3 Å². The Morgan fingerprint density at radius 2 is 1.63 bits per heavy atom. The van der Waals surface area contributed by atoms with Gasteiger partial charge in [-0.1, -0.05) is 13.8 Å². The summed E-state index contributed by atoms with van der Waals surface area (Å²) in [6.07, 6.45) is 7.81. The lowest BCUT2D eigenvalue weighted by molar-refractivity contribution is -0.185. The van der Waals surface area contributed by atoms with Gasteiger partial charge in [0.2, 0.25) is 0 Å². The number of carboxylic acids is 1. The average Bonchev–Trinajstić information content (AvgIpc) is 2.35. The molecule has 2 unspecified atom stereocenters. The normalized spacial score (nSPS) is 44.9. The number of aliphatic carboxylic acids is 1. The molecule has 0 heterocycles. The van der Waals surface area contributed by atoms with E-state index in [0.29, 0.717) is 6.42 Å². The second-order valence-corrected chi connectivity index (χ2v) is 7.58. The first-order chi connectivity index (χ1) is 8.89. The average molecular weight is 266 g/mol. The van der Waals surface area contributed by atoms with Crippen LogP contribution < -0.4 is 0 Å². The minimum atomic E-state index is -1.54. The van der Waals surface area contributed by atoms with Gasteiger partial charge in [-0.15, -0.1) is 0 Å². The zero-order chi connectivity index (χ0) is 13.8. The van der Waals surface area contributed by atoms with Crippen LogP contribution in [0, 0.1) is 29.1 Å². The fraction of sp³-hybridized carbons (Fsp3) is 0.938. The maximum absolute atomic E-state index is 11.5. The predicted molar refractivity (Wildman–Crippen MR) is 72.6 cm³/mol. The maximum atomic E-state index is 11.5. The summed E-state index contributed by atoms with van der Waals surface area (Å²) >= 11 is 0. The van der Waals surface area contributed by atoms with Crippen LogP contribution in [0.25, 0.3) is 0 Å². The van der Waals surface area contributed by atoms with E-state index >= 15 is 0 Å². The number of carbonyl (C=O) groups is 1. The maximum Gasteiger partial charge on any atom is 0.335 e. The quantitative estimate of drug-likeness (QED) is 0.822. The Hall–Kier alpha value is -0.570. The Morgan fingerprint density at radius 1 is 1.21 bits per heavy atom. The minimum Gasteiger partial charge on any atom is -0.479 e. The van der Waals surface area contributed by atoms with Crippen LogP contribution in [0.3, 0.4) is 0 Å². The summed E-state index contributed by atoms with van der Waals surface area (Å²) in [5.41, 5.74) is -1.44. The first kappa shape index (κ1) is 13.4. The molecule has 0 aromatic heterocycles. The van der Waals surface area contributed by atoms with Crippen molar-refractivity contribution in [2.24, 2.45) is 29.1 Å². The Labute approximate surface area is 115 Å². The van der Waals surface area contributed by atoms with Gasteiger partial charge < -0.3 is 10.2 Å². The smallest absolute Gasteiger partial charge is 0.335 e. The van der Waals surface area contributed by atoms with Gasteiger partial charge in [0.05, 0.1) is 0 Å². The first-order valence-corrected chi connectivity index (χ1v) is 7.85. The molecule has 0 aromatic rings. The van der Waals surface area contributed by atoms with Crippen molar-refractivity contribution in [3.63, 3.8) is 0 Å². The first-order valence-electron chi connectivity index (χ1n) is 7.85. The summed E-state index contributed by atoms with van der Waals surface area (Å²) in [6, 6.07) is 0. The van der Waals surface area contributed by atoms with Gasteiger partial charge in [-0.2, -0.15) is 0 Å². The van der Waals surface area contributed by atoms with E-state index in [2.05, 4.69) is 0 Å². The van der Waals surface area contributed by atoms with Gasteiger partial charge in [-0.05, 0) is 68.1 Å². The van der Waals surface area contributed by atoms with Crippen molar-refractivity contribution in [3.8, 4) is 0 Å². The number of rotatable bonds is 4. The van der Waals surface area contributed by atoms with Crippen LogP contribution in [0.1, 0.15) is 58.8 Å². The van der Waals surface area contributed by atoms with E-state index in [1.54, 1.807) is 6.92 Å². The van der Waals surface area contributed by atoms with Crippen molar-refractivity contribution in [2.45, 2.75) is 64.4 Å². The van der Waals surface area contributed by atoms with E-state index in [0.717, 1.165) is 37.0 Å². The summed E-state index contributed by atoms with van der Waals surface area (Å²) in [5, 5.41) is 20.1. The fourth-order valence-electron chi connectivity index (χ4n) is 5.86. The van der Waals surface area contributed by atoms with E-state index < -0.39 is 11.6 Å². The molecule has 4 bridgehead atoms. The Balaban J connectivity index is 1.90.